The second kappa shape index (κ2) is 4.55. The van der Waals surface area contributed by atoms with Crippen LogP contribution in [0.4, 0.5) is 0 Å². The number of allylic oxidation sites excluding steroid dienone is 2. The Morgan fingerprint density at radius 3 is 2.70 bits per heavy atom. The predicted molar refractivity (Wildman–Crippen MR) is 79.6 cm³/mol. The first-order chi connectivity index (χ1) is 9.37. The summed E-state index contributed by atoms with van der Waals surface area (Å²) in [6, 6.07) is 2.06. The van der Waals surface area contributed by atoms with Crippen LogP contribution in [0.15, 0.2) is 22.7 Å². The Morgan fingerprint density at radius 2 is 2.05 bits per heavy atom. The van der Waals surface area contributed by atoms with Gasteiger partial charge in [0.25, 0.3) is 0 Å². The highest BCUT2D eigenvalue weighted by atomic mass is 32.1. The molecule has 1 aromatic rings. The van der Waals surface area contributed by atoms with Gasteiger partial charge in [-0.2, -0.15) is 0 Å². The van der Waals surface area contributed by atoms with Crippen LogP contribution in [-0.4, -0.2) is 11.7 Å². The normalized spacial score (nSPS) is 25.4. The molecule has 0 spiro atoms. The summed E-state index contributed by atoms with van der Waals surface area (Å²) in [4.78, 5) is 25.7. The van der Waals surface area contributed by atoms with E-state index in [1.807, 2.05) is 5.38 Å². The van der Waals surface area contributed by atoms with E-state index in [-0.39, 0.29) is 23.0 Å². The van der Waals surface area contributed by atoms with Crippen molar-refractivity contribution in [1.82, 2.24) is 5.32 Å². The maximum absolute atomic E-state index is 12.6. The van der Waals surface area contributed by atoms with Gasteiger partial charge in [0.2, 0.25) is 5.91 Å². The molecule has 4 heteroatoms. The summed E-state index contributed by atoms with van der Waals surface area (Å²) in [6.45, 7) is 6.22. The van der Waals surface area contributed by atoms with E-state index in [0.717, 1.165) is 17.7 Å². The molecular formula is C16H19NO2S. The van der Waals surface area contributed by atoms with Gasteiger partial charge in [0.15, 0.2) is 5.78 Å². The lowest BCUT2D eigenvalue weighted by Gasteiger charge is -2.37. The van der Waals surface area contributed by atoms with Crippen LogP contribution in [0.5, 0.6) is 0 Å². The van der Waals surface area contributed by atoms with Crippen molar-refractivity contribution in [3.63, 3.8) is 0 Å². The third-order valence-corrected chi connectivity index (χ3v) is 5.30. The first-order valence-electron chi connectivity index (χ1n) is 6.97. The fourth-order valence-electron chi connectivity index (χ4n) is 3.32. The van der Waals surface area contributed by atoms with Gasteiger partial charge in [0.1, 0.15) is 0 Å². The van der Waals surface area contributed by atoms with Crippen LogP contribution in [0.2, 0.25) is 0 Å². The summed E-state index contributed by atoms with van der Waals surface area (Å²) < 4.78 is 0. The molecule has 1 aliphatic heterocycles. The largest absolute Gasteiger partial charge is 0.329 e. The summed E-state index contributed by atoms with van der Waals surface area (Å²) in [7, 11) is 0. The van der Waals surface area contributed by atoms with E-state index >= 15 is 0 Å². The number of amides is 1. The number of hydrogen-bond acceptors (Lipinski definition) is 3. The van der Waals surface area contributed by atoms with Crippen molar-refractivity contribution in [2.75, 3.05) is 0 Å². The highest BCUT2D eigenvalue weighted by molar-refractivity contribution is 7.10. The molecule has 20 heavy (non-hydrogen) atoms. The zero-order valence-corrected chi connectivity index (χ0v) is 12.9. The van der Waals surface area contributed by atoms with Crippen LogP contribution >= 0.6 is 11.3 Å². The quantitative estimate of drug-likeness (QED) is 0.862. The van der Waals surface area contributed by atoms with Crippen LogP contribution in [0.3, 0.4) is 0 Å². The van der Waals surface area contributed by atoms with Gasteiger partial charge in [0, 0.05) is 34.9 Å². The molecule has 0 unspecified atom stereocenters. The molecule has 0 radical (unpaired) electrons. The molecule has 1 aliphatic carbocycles. The maximum atomic E-state index is 12.6. The van der Waals surface area contributed by atoms with Gasteiger partial charge in [-0.25, -0.2) is 0 Å². The molecule has 2 heterocycles. The molecule has 0 saturated heterocycles. The molecule has 2 aliphatic rings. The van der Waals surface area contributed by atoms with Gasteiger partial charge in [-0.1, -0.05) is 13.8 Å². The number of hydrogen-bond donors (Lipinski definition) is 1. The van der Waals surface area contributed by atoms with Gasteiger partial charge in [0.05, 0.1) is 0 Å². The van der Waals surface area contributed by atoms with Crippen LogP contribution in [0.25, 0.3) is 0 Å². The Labute approximate surface area is 123 Å². The number of rotatable bonds is 1. The molecule has 0 bridgehead atoms. The van der Waals surface area contributed by atoms with Gasteiger partial charge in [-0.05, 0) is 35.8 Å². The van der Waals surface area contributed by atoms with Crippen molar-refractivity contribution in [3.8, 4) is 0 Å². The van der Waals surface area contributed by atoms with Gasteiger partial charge >= 0.3 is 0 Å². The Hall–Kier alpha value is -1.42. The zero-order valence-electron chi connectivity index (χ0n) is 12.1. The molecule has 0 saturated carbocycles. The smallest absolute Gasteiger partial charge is 0.225 e. The van der Waals surface area contributed by atoms with Crippen molar-refractivity contribution in [2.45, 2.75) is 46.0 Å². The molecule has 3 rings (SSSR count). The Balaban J connectivity index is 2.10. The minimum atomic E-state index is -0.0599. The lowest BCUT2D eigenvalue weighted by Crippen LogP contribution is -2.40. The summed E-state index contributed by atoms with van der Waals surface area (Å²) in [5.41, 5.74) is 2.84. The standard InChI is InChI=1S/C16H19NO2S/c1-9-4-5-20-15(9)10-6-13(19)17-11-7-16(2,3)8-12(18)14(10)11/h4-5,10H,6-8H2,1-3H3,(H,17,19)/t10-/m0/s1. The number of thiophene rings is 1. The average Bonchev–Trinajstić information content (AvgIpc) is 2.71. The highest BCUT2D eigenvalue weighted by Crippen LogP contribution is 2.45. The lowest BCUT2D eigenvalue weighted by molar-refractivity contribution is -0.122. The first-order valence-corrected chi connectivity index (χ1v) is 7.85. The van der Waals surface area contributed by atoms with Crippen molar-refractivity contribution < 1.29 is 9.59 Å². The lowest BCUT2D eigenvalue weighted by atomic mass is 9.70. The molecule has 0 aromatic carbocycles. The number of carbonyl (C=O) groups excluding carboxylic acids is 2. The van der Waals surface area contributed by atoms with Gasteiger partial charge in [-0.15, -0.1) is 11.3 Å². The summed E-state index contributed by atoms with van der Waals surface area (Å²) in [5.74, 6) is 0.198. The van der Waals surface area contributed by atoms with Crippen LogP contribution in [0.1, 0.15) is 49.5 Å². The van der Waals surface area contributed by atoms with E-state index in [1.54, 1.807) is 11.3 Å². The third kappa shape index (κ3) is 2.22. The van der Waals surface area contributed by atoms with E-state index in [2.05, 4.69) is 32.2 Å². The van der Waals surface area contributed by atoms with Crippen molar-refractivity contribution in [3.05, 3.63) is 33.2 Å². The molecule has 1 aromatic heterocycles. The fourth-order valence-corrected chi connectivity index (χ4v) is 4.36. The second-order valence-electron chi connectivity index (χ2n) is 6.61. The summed E-state index contributed by atoms with van der Waals surface area (Å²) >= 11 is 1.65. The monoisotopic (exact) mass is 289 g/mol. The molecule has 0 fully saturated rings. The summed E-state index contributed by atoms with van der Waals surface area (Å²) in [5, 5.41) is 4.98. The predicted octanol–water partition coefficient (Wildman–Crippen LogP) is 3.30. The van der Waals surface area contributed by atoms with Crippen LogP contribution in [-0.2, 0) is 9.59 Å². The number of aryl methyl sites for hydroxylation is 1. The first kappa shape index (κ1) is 13.6. The molecule has 106 valence electrons. The number of carbonyl (C=O) groups is 2. The van der Waals surface area contributed by atoms with E-state index in [9.17, 15) is 9.59 Å². The molecule has 1 N–H and O–H groups in total. The van der Waals surface area contributed by atoms with E-state index in [1.165, 1.54) is 10.4 Å². The Morgan fingerprint density at radius 1 is 1.30 bits per heavy atom. The number of ketones is 1. The minimum absolute atomic E-state index is 0.0343. The van der Waals surface area contributed by atoms with Crippen molar-refractivity contribution >= 4 is 23.0 Å². The van der Waals surface area contributed by atoms with Gasteiger partial charge < -0.3 is 5.32 Å². The van der Waals surface area contributed by atoms with Crippen LogP contribution < -0.4 is 5.32 Å². The second-order valence-corrected chi connectivity index (χ2v) is 7.55. The average molecular weight is 289 g/mol. The van der Waals surface area contributed by atoms with E-state index < -0.39 is 0 Å². The van der Waals surface area contributed by atoms with E-state index in [0.29, 0.717) is 12.8 Å². The molecule has 1 amide bonds. The minimum Gasteiger partial charge on any atom is -0.329 e. The topological polar surface area (TPSA) is 46.2 Å². The highest BCUT2D eigenvalue weighted by Gasteiger charge is 2.41. The molecule has 1 atom stereocenters. The van der Waals surface area contributed by atoms with Crippen LogP contribution in [0, 0.1) is 12.3 Å². The third-order valence-electron chi connectivity index (χ3n) is 4.17. The maximum Gasteiger partial charge on any atom is 0.225 e. The van der Waals surface area contributed by atoms with Gasteiger partial charge in [-0.3, -0.25) is 9.59 Å². The van der Waals surface area contributed by atoms with Crippen molar-refractivity contribution in [2.24, 2.45) is 5.41 Å². The fraction of sp³-hybridized carbons (Fsp3) is 0.500. The summed E-state index contributed by atoms with van der Waals surface area (Å²) in [6.07, 6.45) is 1.75. The van der Waals surface area contributed by atoms with Crippen molar-refractivity contribution in [1.29, 1.82) is 0 Å². The number of Topliss-reactive ketones (excluding diaryl/α,β-unsaturated/α-hetero) is 1. The number of nitrogens with one attached hydrogen (secondary N) is 1. The Bertz CT molecular complexity index is 624. The Kier molecular flexibility index (Phi) is 3.09. The SMILES string of the molecule is Cc1ccsc1[C@H]1CC(=O)NC2=C1C(=O)CC(C)(C)C2. The molecular weight excluding hydrogens is 270 g/mol. The molecule has 3 nitrogen and oxygen atoms in total. The zero-order chi connectivity index (χ0) is 14.5. The van der Waals surface area contributed by atoms with E-state index in [4.69, 9.17) is 0 Å².